The molecule has 136 valence electrons. The highest BCUT2D eigenvalue weighted by Gasteiger charge is 2.19. The molecule has 0 heterocycles. The van der Waals surface area contributed by atoms with Gasteiger partial charge in [0.2, 0.25) is 0 Å². The zero-order chi connectivity index (χ0) is 18.9. The highest BCUT2D eigenvalue weighted by Crippen LogP contribution is 2.14. The van der Waals surface area contributed by atoms with Crippen molar-refractivity contribution >= 4 is 29.4 Å². The van der Waals surface area contributed by atoms with Crippen molar-refractivity contribution in [3.05, 3.63) is 70.7 Å². The van der Waals surface area contributed by atoms with Crippen LogP contribution in [0.2, 0.25) is 5.02 Å². The maximum absolute atomic E-state index is 12.0. The Balaban J connectivity index is 1.74. The summed E-state index contributed by atoms with van der Waals surface area (Å²) in [5, 5.41) is 5.68. The summed E-state index contributed by atoms with van der Waals surface area (Å²) in [5.74, 6) is -1.54. The van der Waals surface area contributed by atoms with E-state index in [0.717, 1.165) is 5.56 Å². The van der Waals surface area contributed by atoms with Crippen molar-refractivity contribution in [3.63, 3.8) is 0 Å². The van der Waals surface area contributed by atoms with E-state index < -0.39 is 30.4 Å². The molecule has 0 aliphatic rings. The third-order valence-electron chi connectivity index (χ3n) is 3.52. The molecule has 2 N–H and O–H groups in total. The second-order valence-corrected chi connectivity index (χ2v) is 5.94. The highest BCUT2D eigenvalue weighted by atomic mass is 35.5. The lowest BCUT2D eigenvalue weighted by molar-refractivity contribution is -0.150. The monoisotopic (exact) mass is 374 g/mol. The first-order chi connectivity index (χ1) is 12.5. The molecular formula is C19H19ClN2O4. The average molecular weight is 375 g/mol. The normalized spacial score (nSPS) is 11.3. The molecule has 0 spiro atoms. The number of carbonyl (C=O) groups is 3. The Morgan fingerprint density at radius 2 is 1.69 bits per heavy atom. The number of halogens is 1. The van der Waals surface area contributed by atoms with E-state index in [2.05, 4.69) is 10.6 Å². The van der Waals surface area contributed by atoms with Crippen molar-refractivity contribution in [2.24, 2.45) is 0 Å². The van der Waals surface area contributed by atoms with Crippen LogP contribution in [0, 0.1) is 0 Å². The first-order valence-electron chi connectivity index (χ1n) is 8.00. The number of hydrogen-bond donors (Lipinski definition) is 2. The van der Waals surface area contributed by atoms with Gasteiger partial charge in [-0.3, -0.25) is 9.59 Å². The van der Waals surface area contributed by atoms with Crippen LogP contribution in [-0.4, -0.2) is 30.4 Å². The summed E-state index contributed by atoms with van der Waals surface area (Å²) in [6, 6.07) is 14.7. The van der Waals surface area contributed by atoms with Gasteiger partial charge < -0.3 is 15.4 Å². The quantitative estimate of drug-likeness (QED) is 0.728. The van der Waals surface area contributed by atoms with Crippen LogP contribution >= 0.6 is 11.6 Å². The third kappa shape index (κ3) is 5.89. The Hall–Kier alpha value is -2.86. The number of nitrogens with one attached hydrogen (secondary N) is 2. The van der Waals surface area contributed by atoms with Gasteiger partial charge in [-0.25, -0.2) is 4.79 Å². The zero-order valence-corrected chi connectivity index (χ0v) is 15.0. The van der Waals surface area contributed by atoms with Crippen LogP contribution in [0.5, 0.6) is 0 Å². The minimum atomic E-state index is -0.876. The summed E-state index contributed by atoms with van der Waals surface area (Å²) in [4.78, 5) is 35.7. The van der Waals surface area contributed by atoms with Gasteiger partial charge in [-0.15, -0.1) is 0 Å². The van der Waals surface area contributed by atoms with Gasteiger partial charge in [0, 0.05) is 17.1 Å². The molecule has 0 saturated heterocycles. The van der Waals surface area contributed by atoms with Gasteiger partial charge >= 0.3 is 5.97 Å². The van der Waals surface area contributed by atoms with Crippen molar-refractivity contribution in [1.82, 2.24) is 10.6 Å². The lowest BCUT2D eigenvalue weighted by Crippen LogP contribution is -2.40. The maximum atomic E-state index is 12.0. The van der Waals surface area contributed by atoms with E-state index in [-0.39, 0.29) is 6.54 Å². The predicted molar refractivity (Wildman–Crippen MR) is 97.6 cm³/mol. The minimum Gasteiger partial charge on any atom is -0.454 e. The molecule has 0 fully saturated rings. The minimum absolute atomic E-state index is 0.232. The van der Waals surface area contributed by atoms with Crippen LogP contribution in [0.25, 0.3) is 0 Å². The second-order valence-electron chi connectivity index (χ2n) is 5.54. The van der Waals surface area contributed by atoms with Crippen LogP contribution in [0.15, 0.2) is 54.6 Å². The molecule has 2 aromatic carbocycles. The molecule has 26 heavy (non-hydrogen) atoms. The van der Waals surface area contributed by atoms with Gasteiger partial charge in [0.05, 0.1) is 0 Å². The van der Waals surface area contributed by atoms with Gasteiger partial charge in [-0.1, -0.05) is 48.0 Å². The Bertz CT molecular complexity index is 780. The Kier molecular flexibility index (Phi) is 7.17. The molecule has 0 unspecified atom stereocenters. The van der Waals surface area contributed by atoms with Crippen LogP contribution < -0.4 is 10.6 Å². The predicted octanol–water partition coefficient (Wildman–Crippen LogP) is 2.32. The fraction of sp³-hybridized carbons (Fsp3) is 0.211. The van der Waals surface area contributed by atoms with Crippen LogP contribution in [0.1, 0.15) is 22.8 Å². The van der Waals surface area contributed by atoms with E-state index in [4.69, 9.17) is 16.3 Å². The van der Waals surface area contributed by atoms with Crippen molar-refractivity contribution in [2.45, 2.75) is 19.5 Å². The molecule has 0 radical (unpaired) electrons. The summed E-state index contributed by atoms with van der Waals surface area (Å²) >= 11 is 6.00. The fourth-order valence-electron chi connectivity index (χ4n) is 2.08. The van der Waals surface area contributed by atoms with Crippen molar-refractivity contribution in [1.29, 1.82) is 0 Å². The lowest BCUT2D eigenvalue weighted by Gasteiger charge is -2.13. The van der Waals surface area contributed by atoms with Gasteiger partial charge in [-0.05, 0) is 30.7 Å². The molecule has 0 aliphatic heterocycles. The molecule has 1 atom stereocenters. The highest BCUT2D eigenvalue weighted by molar-refractivity contribution is 6.31. The number of carbonyl (C=O) groups excluding carboxylic acids is 3. The summed E-state index contributed by atoms with van der Waals surface area (Å²) in [6.45, 7) is 1.29. The van der Waals surface area contributed by atoms with Crippen molar-refractivity contribution < 1.29 is 19.1 Å². The van der Waals surface area contributed by atoms with Gasteiger partial charge in [0.1, 0.15) is 6.04 Å². The second kappa shape index (κ2) is 9.58. The number of esters is 1. The number of hydrogen-bond acceptors (Lipinski definition) is 4. The maximum Gasteiger partial charge on any atom is 0.328 e. The Morgan fingerprint density at radius 1 is 1.04 bits per heavy atom. The first kappa shape index (κ1) is 19.5. The summed E-state index contributed by atoms with van der Waals surface area (Å²) in [5.41, 5.74) is 1.20. The van der Waals surface area contributed by atoms with Gasteiger partial charge in [-0.2, -0.15) is 0 Å². The molecule has 7 heteroatoms. The molecule has 2 aromatic rings. The molecule has 6 nitrogen and oxygen atoms in total. The molecular weight excluding hydrogens is 356 g/mol. The van der Waals surface area contributed by atoms with E-state index in [9.17, 15) is 14.4 Å². The number of benzene rings is 2. The zero-order valence-electron chi connectivity index (χ0n) is 14.2. The molecule has 0 aliphatic carbocycles. The first-order valence-corrected chi connectivity index (χ1v) is 8.38. The van der Waals surface area contributed by atoms with E-state index in [1.165, 1.54) is 6.92 Å². The van der Waals surface area contributed by atoms with Crippen LogP contribution in [-0.2, 0) is 20.9 Å². The SMILES string of the molecule is C[C@H](NC(=O)c1ccccc1)C(=O)OCC(=O)NCc1ccccc1Cl. The summed E-state index contributed by atoms with van der Waals surface area (Å²) in [6.07, 6.45) is 0. The molecule has 0 bridgehead atoms. The fourth-order valence-corrected chi connectivity index (χ4v) is 2.28. The topological polar surface area (TPSA) is 84.5 Å². The third-order valence-corrected chi connectivity index (χ3v) is 3.89. The van der Waals surface area contributed by atoms with E-state index in [0.29, 0.717) is 10.6 Å². The van der Waals surface area contributed by atoms with Crippen LogP contribution in [0.3, 0.4) is 0 Å². The molecule has 2 rings (SSSR count). The average Bonchev–Trinajstić information content (AvgIpc) is 2.66. The number of ether oxygens (including phenoxy) is 1. The van der Waals surface area contributed by atoms with Gasteiger partial charge in [0.15, 0.2) is 6.61 Å². The van der Waals surface area contributed by atoms with E-state index in [1.807, 2.05) is 6.07 Å². The summed E-state index contributed by atoms with van der Waals surface area (Å²) in [7, 11) is 0. The lowest BCUT2D eigenvalue weighted by atomic mass is 10.2. The van der Waals surface area contributed by atoms with E-state index in [1.54, 1.807) is 48.5 Å². The summed E-state index contributed by atoms with van der Waals surface area (Å²) < 4.78 is 4.92. The number of rotatable bonds is 7. The molecule has 2 amide bonds. The molecule has 0 aromatic heterocycles. The largest absolute Gasteiger partial charge is 0.454 e. The standard InChI is InChI=1S/C19H19ClN2O4/c1-13(22-18(24)14-7-3-2-4-8-14)19(25)26-12-17(23)21-11-15-9-5-6-10-16(15)20/h2-10,13H,11-12H2,1H3,(H,21,23)(H,22,24)/t13-/m0/s1. The van der Waals surface area contributed by atoms with Gasteiger partial charge in [0.25, 0.3) is 11.8 Å². The Labute approximate surface area is 156 Å². The smallest absolute Gasteiger partial charge is 0.328 e. The molecule has 0 saturated carbocycles. The van der Waals surface area contributed by atoms with Crippen molar-refractivity contribution in [2.75, 3.05) is 6.61 Å². The van der Waals surface area contributed by atoms with Crippen LogP contribution in [0.4, 0.5) is 0 Å². The Morgan fingerprint density at radius 3 is 2.38 bits per heavy atom. The van der Waals surface area contributed by atoms with E-state index >= 15 is 0 Å². The number of amides is 2. The van der Waals surface area contributed by atoms with Crippen molar-refractivity contribution in [3.8, 4) is 0 Å².